The molecular formula is C46H64O8P2. The second kappa shape index (κ2) is 20.5. The molecule has 10 heteroatoms. The van der Waals surface area contributed by atoms with E-state index in [-0.39, 0.29) is 34.9 Å². The Hall–Kier alpha value is -3.22. The van der Waals surface area contributed by atoms with E-state index in [1.165, 1.54) is 0 Å². The molecule has 0 aliphatic carbocycles. The van der Waals surface area contributed by atoms with Gasteiger partial charge < -0.3 is 27.6 Å². The lowest BCUT2D eigenvalue weighted by Crippen LogP contribution is -2.16. The van der Waals surface area contributed by atoms with Gasteiger partial charge in [0.05, 0.1) is 39.6 Å². The van der Waals surface area contributed by atoms with Crippen LogP contribution in [0.25, 0.3) is 0 Å². The van der Waals surface area contributed by atoms with Gasteiger partial charge in [0.15, 0.2) is 0 Å². The van der Waals surface area contributed by atoms with Crippen LogP contribution in [0.5, 0.6) is 23.0 Å². The van der Waals surface area contributed by atoms with Crippen molar-refractivity contribution in [2.75, 3.05) is 39.6 Å². The molecule has 4 aromatic carbocycles. The highest BCUT2D eigenvalue weighted by molar-refractivity contribution is 7.42. The molecule has 0 aromatic heterocycles. The number of rotatable bonds is 19. The number of ether oxygens (including phenoxy) is 2. The first-order chi connectivity index (χ1) is 26.3. The van der Waals surface area contributed by atoms with Gasteiger partial charge in [-0.25, -0.2) is 0 Å². The summed E-state index contributed by atoms with van der Waals surface area (Å²) in [7, 11) is -3.57. The molecule has 0 atom stereocenters. The Bertz CT molecular complexity index is 1540. The highest BCUT2D eigenvalue weighted by atomic mass is 31.2. The molecule has 0 radical (unpaired) electrons. The average molecular weight is 807 g/mol. The summed E-state index contributed by atoms with van der Waals surface area (Å²) in [6, 6.07) is 32.2. The predicted molar refractivity (Wildman–Crippen MR) is 230 cm³/mol. The topological polar surface area (TPSA) is 73.8 Å². The molecule has 0 spiro atoms. The lowest BCUT2D eigenvalue weighted by Gasteiger charge is -2.27. The Morgan fingerprint density at radius 2 is 0.536 bits per heavy atom. The van der Waals surface area contributed by atoms with E-state index in [9.17, 15) is 0 Å². The number of hydrogen-bond donors (Lipinski definition) is 0. The molecule has 306 valence electrons. The van der Waals surface area contributed by atoms with Crippen molar-refractivity contribution in [2.45, 2.75) is 105 Å². The van der Waals surface area contributed by atoms with Crippen LogP contribution >= 0.6 is 17.2 Å². The average Bonchev–Trinajstić information content (AvgIpc) is 3.11. The quantitative estimate of drug-likeness (QED) is 0.0685. The van der Waals surface area contributed by atoms with Gasteiger partial charge in [-0.3, -0.25) is 9.05 Å². The molecule has 4 aromatic rings. The lowest BCUT2D eigenvalue weighted by atomic mass is 9.86. The Morgan fingerprint density at radius 3 is 0.768 bits per heavy atom. The molecule has 0 saturated heterocycles. The molecule has 0 amide bonds. The van der Waals surface area contributed by atoms with Crippen LogP contribution in [0, 0.1) is 0 Å². The second-order valence-electron chi connectivity index (χ2n) is 17.7. The molecule has 8 nitrogen and oxygen atoms in total. The summed E-state index contributed by atoms with van der Waals surface area (Å²) in [5.74, 6) is 2.97. The molecule has 56 heavy (non-hydrogen) atoms. The third-order valence-electron chi connectivity index (χ3n) is 8.69. The molecule has 0 heterocycles. The first kappa shape index (κ1) is 45.5. The Kier molecular flexibility index (Phi) is 16.6. The van der Waals surface area contributed by atoms with Gasteiger partial charge in [0.1, 0.15) is 23.0 Å². The van der Waals surface area contributed by atoms with Gasteiger partial charge in [-0.15, -0.1) is 0 Å². The van der Waals surface area contributed by atoms with Crippen molar-refractivity contribution < 1.29 is 36.6 Å². The van der Waals surface area contributed by atoms with E-state index in [1.54, 1.807) is 0 Å². The largest absolute Gasteiger partial charge is 0.463 e. The molecule has 0 fully saturated rings. The summed E-state index contributed by atoms with van der Waals surface area (Å²) in [5.41, 5.74) is 3.85. The Labute approximate surface area is 339 Å². The van der Waals surface area contributed by atoms with Crippen LogP contribution in [0.4, 0.5) is 0 Å². The minimum atomic E-state index is -1.78. The van der Waals surface area contributed by atoms with Crippen LogP contribution in [0.1, 0.15) is 105 Å². The molecule has 0 saturated carbocycles. The smallest absolute Gasteiger partial charge is 0.417 e. The number of benzene rings is 4. The maximum Gasteiger partial charge on any atom is 0.463 e. The Morgan fingerprint density at radius 1 is 0.321 bits per heavy atom. The van der Waals surface area contributed by atoms with E-state index in [4.69, 9.17) is 36.6 Å². The lowest BCUT2D eigenvalue weighted by molar-refractivity contribution is 0.0257. The van der Waals surface area contributed by atoms with E-state index in [0.717, 1.165) is 45.3 Å². The molecule has 0 bridgehead atoms. The van der Waals surface area contributed by atoms with Gasteiger partial charge in [-0.1, -0.05) is 156 Å². The highest BCUT2D eigenvalue weighted by Crippen LogP contribution is 2.48. The van der Waals surface area contributed by atoms with Crippen LogP contribution in [0.2, 0.25) is 0 Å². The zero-order valence-corrected chi connectivity index (χ0v) is 37.4. The first-order valence-electron chi connectivity index (χ1n) is 19.5. The van der Waals surface area contributed by atoms with Crippen LogP contribution in [0.3, 0.4) is 0 Å². The minimum Gasteiger partial charge on any atom is -0.417 e. The summed E-state index contributed by atoms with van der Waals surface area (Å²) < 4.78 is 50.1. The molecule has 0 aliphatic heterocycles. The van der Waals surface area contributed by atoms with E-state index >= 15 is 0 Å². The zero-order valence-electron chi connectivity index (χ0n) is 35.6. The molecule has 4 rings (SSSR count). The molecule has 0 unspecified atom stereocenters. The maximum atomic E-state index is 6.46. The third kappa shape index (κ3) is 14.3. The highest BCUT2D eigenvalue weighted by Gasteiger charge is 2.28. The number of hydrogen-bond acceptors (Lipinski definition) is 8. The van der Waals surface area contributed by atoms with Gasteiger partial charge >= 0.3 is 17.2 Å². The van der Waals surface area contributed by atoms with Crippen LogP contribution in [-0.4, -0.2) is 39.6 Å². The van der Waals surface area contributed by atoms with Crippen LogP contribution < -0.4 is 18.1 Å². The fraction of sp³-hybridized carbons (Fsp3) is 0.478. The van der Waals surface area contributed by atoms with Crippen molar-refractivity contribution in [3.05, 3.63) is 119 Å². The van der Waals surface area contributed by atoms with Crippen LogP contribution in [-0.2, 0) is 40.2 Å². The number of para-hydroxylation sites is 4. The fourth-order valence-electron chi connectivity index (χ4n) is 5.79. The molecule has 0 aliphatic rings. The van der Waals surface area contributed by atoms with Crippen molar-refractivity contribution in [3.8, 4) is 23.0 Å². The van der Waals surface area contributed by atoms with Crippen molar-refractivity contribution in [2.24, 2.45) is 0 Å². The van der Waals surface area contributed by atoms with Crippen molar-refractivity contribution in [3.63, 3.8) is 0 Å². The third-order valence-corrected chi connectivity index (χ3v) is 10.9. The van der Waals surface area contributed by atoms with E-state index < -0.39 is 17.2 Å². The monoisotopic (exact) mass is 806 g/mol. The van der Waals surface area contributed by atoms with Crippen molar-refractivity contribution >= 4 is 17.2 Å². The van der Waals surface area contributed by atoms with Gasteiger partial charge in [0.2, 0.25) is 0 Å². The summed E-state index contributed by atoms with van der Waals surface area (Å²) >= 11 is 0. The van der Waals surface area contributed by atoms with Gasteiger partial charge in [-0.2, -0.15) is 0 Å². The maximum absolute atomic E-state index is 6.46. The second-order valence-corrected chi connectivity index (χ2v) is 19.8. The van der Waals surface area contributed by atoms with Crippen molar-refractivity contribution in [1.29, 1.82) is 0 Å². The molecular weight excluding hydrogens is 742 g/mol. The van der Waals surface area contributed by atoms with Gasteiger partial charge in [0.25, 0.3) is 0 Å². The van der Waals surface area contributed by atoms with E-state index in [1.807, 2.05) is 72.8 Å². The van der Waals surface area contributed by atoms with Crippen molar-refractivity contribution in [1.82, 2.24) is 0 Å². The van der Waals surface area contributed by atoms with E-state index in [2.05, 4.69) is 107 Å². The van der Waals surface area contributed by atoms with Crippen LogP contribution in [0.15, 0.2) is 97.1 Å². The minimum absolute atomic E-state index is 0.119. The summed E-state index contributed by atoms with van der Waals surface area (Å²) in [4.78, 5) is 0. The summed E-state index contributed by atoms with van der Waals surface area (Å²) in [6.07, 6.45) is 0. The first-order valence-corrected chi connectivity index (χ1v) is 21.6. The summed E-state index contributed by atoms with van der Waals surface area (Å²) in [5, 5.41) is 0. The predicted octanol–water partition coefficient (Wildman–Crippen LogP) is 13.0. The normalized spacial score (nSPS) is 12.6. The zero-order chi connectivity index (χ0) is 41.0. The SMILES string of the molecule is CC(C)(C)c1ccccc1OP(OCCOCCOCCOP(Oc1ccccc1C(C)(C)C)Oc1ccccc1C(C)(C)C)Oc1ccccc1C(C)(C)C. The molecule has 0 N–H and O–H groups in total. The summed E-state index contributed by atoms with van der Waals surface area (Å²) in [6.45, 7) is 28.0. The van der Waals surface area contributed by atoms with E-state index in [0.29, 0.717) is 26.4 Å². The Balaban J connectivity index is 1.30. The standard InChI is InChI=1S/C46H64O8P2/c1-43(2,3)35-21-13-17-25-39(35)51-55(52-40-26-18-14-22-36(40)44(4,5)6)49-33-31-47-29-30-48-32-34-50-56(53-41-27-19-15-23-37(41)45(7,8)9)54-42-28-20-16-24-38(42)46(10,11)12/h13-28H,29-34H2,1-12H3. The van der Waals surface area contributed by atoms with Gasteiger partial charge in [0, 0.05) is 22.3 Å². The fourth-order valence-corrected chi connectivity index (χ4v) is 7.80. The van der Waals surface area contributed by atoms with Gasteiger partial charge in [-0.05, 0) is 45.9 Å².